The van der Waals surface area contributed by atoms with E-state index in [0.29, 0.717) is 6.54 Å². The van der Waals surface area contributed by atoms with Crippen LogP contribution < -0.4 is 10.2 Å². The van der Waals surface area contributed by atoms with Gasteiger partial charge >= 0.3 is 0 Å². The molecule has 2 heterocycles. The minimum absolute atomic E-state index is 0.578. The fraction of sp³-hybridized carbons (Fsp3) is 0.667. The Morgan fingerprint density at radius 2 is 2.19 bits per heavy atom. The summed E-state index contributed by atoms with van der Waals surface area (Å²) in [6.07, 6.45) is 3.18. The van der Waals surface area contributed by atoms with Gasteiger partial charge in [0.05, 0.1) is 11.3 Å². The van der Waals surface area contributed by atoms with Crippen LogP contribution in [-0.2, 0) is 6.54 Å². The summed E-state index contributed by atoms with van der Waals surface area (Å²) in [6.45, 7) is 11.1. The number of aromatic nitrogens is 2. The van der Waals surface area contributed by atoms with Gasteiger partial charge in [-0.15, -0.1) is 11.3 Å². The van der Waals surface area contributed by atoms with Crippen LogP contribution in [0.25, 0.3) is 4.96 Å². The lowest BCUT2D eigenvalue weighted by molar-refractivity contribution is 0.0874. The highest BCUT2D eigenvalue weighted by Gasteiger charge is 2.23. The molecule has 5 nitrogen and oxygen atoms in total. The Bertz CT molecular complexity index is 570. The first kappa shape index (κ1) is 16.3. The molecule has 0 atom stereocenters. The summed E-state index contributed by atoms with van der Waals surface area (Å²) in [5.74, 6) is 0.982. The van der Waals surface area contributed by atoms with Gasteiger partial charge in [0.25, 0.3) is 0 Å². The molecule has 0 bridgehead atoms. The highest BCUT2D eigenvalue weighted by Crippen LogP contribution is 2.25. The van der Waals surface area contributed by atoms with Crippen LogP contribution in [0.1, 0.15) is 39.8 Å². The van der Waals surface area contributed by atoms with Crippen molar-refractivity contribution in [1.29, 1.82) is 0 Å². The van der Waals surface area contributed by atoms with Gasteiger partial charge in [0.1, 0.15) is 0 Å². The molecule has 0 amide bonds. The van der Waals surface area contributed by atoms with Crippen LogP contribution >= 0.6 is 11.3 Å². The van der Waals surface area contributed by atoms with Crippen molar-refractivity contribution in [2.24, 2.45) is 0 Å². The third-order valence-electron chi connectivity index (χ3n) is 3.32. The number of rotatable bonds is 8. The van der Waals surface area contributed by atoms with Crippen LogP contribution in [0, 0.1) is 0 Å². The summed E-state index contributed by atoms with van der Waals surface area (Å²) in [6, 6.07) is 0. The van der Waals surface area contributed by atoms with Gasteiger partial charge in [-0.1, -0.05) is 6.92 Å². The van der Waals surface area contributed by atoms with Gasteiger partial charge in [-0.2, -0.15) is 0 Å². The molecule has 21 heavy (non-hydrogen) atoms. The summed E-state index contributed by atoms with van der Waals surface area (Å²) in [5, 5.41) is 15.6. The van der Waals surface area contributed by atoms with Crippen LogP contribution in [0.5, 0.6) is 0 Å². The predicted molar refractivity (Wildman–Crippen MR) is 89.3 cm³/mol. The molecule has 2 aromatic rings. The van der Waals surface area contributed by atoms with E-state index in [-0.39, 0.29) is 0 Å². The number of hydrogen-bond acceptors (Lipinski definition) is 5. The van der Waals surface area contributed by atoms with Gasteiger partial charge in [-0.25, -0.2) is 4.98 Å². The SMILES string of the molecule is CCCNCc1c(N(CC)CC(C)(C)O)nc2sccn12. The molecule has 6 heteroatoms. The molecular formula is C15H26N4OS. The van der Waals surface area contributed by atoms with Gasteiger partial charge in [0, 0.05) is 31.2 Å². The van der Waals surface area contributed by atoms with E-state index in [1.807, 2.05) is 13.8 Å². The van der Waals surface area contributed by atoms with Crippen molar-refractivity contribution in [3.05, 3.63) is 17.3 Å². The molecule has 0 fully saturated rings. The van der Waals surface area contributed by atoms with Crippen LogP contribution in [0.4, 0.5) is 5.82 Å². The maximum absolute atomic E-state index is 10.1. The second-order valence-electron chi connectivity index (χ2n) is 5.94. The fourth-order valence-corrected chi connectivity index (χ4v) is 3.15. The van der Waals surface area contributed by atoms with Crippen molar-refractivity contribution in [1.82, 2.24) is 14.7 Å². The Hall–Kier alpha value is -1.11. The van der Waals surface area contributed by atoms with E-state index in [1.54, 1.807) is 11.3 Å². The van der Waals surface area contributed by atoms with E-state index >= 15 is 0 Å². The largest absolute Gasteiger partial charge is 0.389 e. The molecular weight excluding hydrogens is 284 g/mol. The maximum atomic E-state index is 10.1. The van der Waals surface area contributed by atoms with E-state index < -0.39 is 5.60 Å². The van der Waals surface area contributed by atoms with Crippen molar-refractivity contribution in [2.45, 2.75) is 46.3 Å². The van der Waals surface area contributed by atoms with Crippen molar-refractivity contribution in [2.75, 3.05) is 24.5 Å². The molecule has 2 aromatic heterocycles. The average Bonchev–Trinajstić information content (AvgIpc) is 2.97. The zero-order valence-corrected chi connectivity index (χ0v) is 14.2. The molecule has 2 N–H and O–H groups in total. The second kappa shape index (κ2) is 6.77. The standard InChI is InChI=1S/C15H26N4OS/c1-5-7-16-10-12-13(17-14-19(12)8-9-21-14)18(6-2)11-15(3,4)20/h8-9,16,20H,5-7,10-11H2,1-4H3. The quantitative estimate of drug-likeness (QED) is 0.736. The molecule has 0 unspecified atom stereocenters. The Labute approximate surface area is 130 Å². The molecule has 0 radical (unpaired) electrons. The number of likely N-dealkylation sites (N-methyl/N-ethyl adjacent to an activating group) is 1. The summed E-state index contributed by atoms with van der Waals surface area (Å²) >= 11 is 1.64. The second-order valence-corrected chi connectivity index (χ2v) is 6.81. The first-order chi connectivity index (χ1) is 9.96. The summed E-state index contributed by atoms with van der Waals surface area (Å²) < 4.78 is 2.15. The number of thiazole rings is 1. The number of fused-ring (bicyclic) bond motifs is 1. The molecule has 0 spiro atoms. The summed E-state index contributed by atoms with van der Waals surface area (Å²) in [5.41, 5.74) is 0.437. The first-order valence-electron chi connectivity index (χ1n) is 7.58. The minimum atomic E-state index is -0.735. The summed E-state index contributed by atoms with van der Waals surface area (Å²) in [4.78, 5) is 7.93. The Kier molecular flexibility index (Phi) is 5.24. The van der Waals surface area contributed by atoms with Crippen LogP contribution in [0.2, 0.25) is 0 Å². The number of anilines is 1. The van der Waals surface area contributed by atoms with E-state index in [9.17, 15) is 5.11 Å². The monoisotopic (exact) mass is 310 g/mol. The fourth-order valence-electron chi connectivity index (χ4n) is 2.43. The lowest BCUT2D eigenvalue weighted by Crippen LogP contribution is -2.39. The molecule has 0 saturated heterocycles. The molecule has 0 aliphatic rings. The molecule has 0 aromatic carbocycles. The topological polar surface area (TPSA) is 52.8 Å². The van der Waals surface area contributed by atoms with Crippen LogP contribution in [-0.4, -0.2) is 39.7 Å². The lowest BCUT2D eigenvalue weighted by atomic mass is 10.1. The molecule has 2 rings (SSSR count). The molecule has 118 valence electrons. The van der Waals surface area contributed by atoms with Gasteiger partial charge in [0.2, 0.25) is 0 Å². The van der Waals surface area contributed by atoms with Gasteiger partial charge in [-0.3, -0.25) is 4.40 Å². The van der Waals surface area contributed by atoms with Gasteiger partial charge < -0.3 is 15.3 Å². The van der Waals surface area contributed by atoms with E-state index in [4.69, 9.17) is 4.98 Å². The number of aliphatic hydroxyl groups is 1. The zero-order chi connectivity index (χ0) is 15.5. The molecule has 0 aliphatic heterocycles. The van der Waals surface area contributed by atoms with Crippen molar-refractivity contribution in [3.8, 4) is 0 Å². The van der Waals surface area contributed by atoms with Gasteiger partial charge in [-0.05, 0) is 33.7 Å². The molecule has 0 saturated carbocycles. The van der Waals surface area contributed by atoms with E-state index in [1.165, 1.54) is 5.69 Å². The van der Waals surface area contributed by atoms with Crippen LogP contribution in [0.3, 0.4) is 0 Å². The van der Waals surface area contributed by atoms with Crippen molar-refractivity contribution >= 4 is 22.1 Å². The molecule has 0 aliphatic carbocycles. The van der Waals surface area contributed by atoms with Gasteiger partial charge in [0.15, 0.2) is 10.8 Å². The smallest absolute Gasteiger partial charge is 0.195 e. The van der Waals surface area contributed by atoms with Crippen molar-refractivity contribution in [3.63, 3.8) is 0 Å². The lowest BCUT2D eigenvalue weighted by Gasteiger charge is -2.29. The van der Waals surface area contributed by atoms with E-state index in [2.05, 4.69) is 40.0 Å². The highest BCUT2D eigenvalue weighted by molar-refractivity contribution is 7.15. The number of hydrogen-bond donors (Lipinski definition) is 2. The third-order valence-corrected chi connectivity index (χ3v) is 4.07. The predicted octanol–water partition coefficient (Wildman–Crippen LogP) is 2.49. The first-order valence-corrected chi connectivity index (χ1v) is 8.46. The maximum Gasteiger partial charge on any atom is 0.195 e. The third kappa shape index (κ3) is 3.96. The Morgan fingerprint density at radius 1 is 1.43 bits per heavy atom. The number of nitrogens with one attached hydrogen (secondary N) is 1. The van der Waals surface area contributed by atoms with Crippen molar-refractivity contribution < 1.29 is 5.11 Å². The minimum Gasteiger partial charge on any atom is -0.389 e. The Balaban J connectivity index is 2.31. The average molecular weight is 310 g/mol. The number of nitrogens with zero attached hydrogens (tertiary/aromatic N) is 3. The summed E-state index contributed by atoms with van der Waals surface area (Å²) in [7, 11) is 0. The normalized spacial score (nSPS) is 12.2. The highest BCUT2D eigenvalue weighted by atomic mass is 32.1. The number of imidazole rings is 1. The van der Waals surface area contributed by atoms with Crippen LogP contribution in [0.15, 0.2) is 11.6 Å². The van der Waals surface area contributed by atoms with E-state index in [0.717, 1.165) is 36.8 Å². The zero-order valence-electron chi connectivity index (χ0n) is 13.4. The Morgan fingerprint density at radius 3 is 2.81 bits per heavy atom.